The Labute approximate surface area is 119 Å². The second-order valence-corrected chi connectivity index (χ2v) is 7.40. The van der Waals surface area contributed by atoms with Gasteiger partial charge in [-0.05, 0) is 36.5 Å². The lowest BCUT2D eigenvalue weighted by atomic mass is 10.0. The topological polar surface area (TPSA) is 63.4 Å². The van der Waals surface area contributed by atoms with E-state index >= 15 is 0 Å². The van der Waals surface area contributed by atoms with Gasteiger partial charge in [0.25, 0.3) is 0 Å². The maximum Gasteiger partial charge on any atom is 0.246 e. The van der Waals surface area contributed by atoms with Crippen LogP contribution >= 0.6 is 0 Å². The van der Waals surface area contributed by atoms with Crippen LogP contribution in [0.1, 0.15) is 32.3 Å². The van der Waals surface area contributed by atoms with Crippen molar-refractivity contribution in [2.75, 3.05) is 6.54 Å². The van der Waals surface area contributed by atoms with Crippen molar-refractivity contribution in [3.05, 3.63) is 29.6 Å². The summed E-state index contributed by atoms with van der Waals surface area (Å²) in [6.45, 7) is 4.64. The monoisotopic (exact) mass is 300 g/mol. The first-order valence-corrected chi connectivity index (χ1v) is 8.32. The normalized spacial score (nSPS) is 20.8. The first-order chi connectivity index (χ1) is 9.37. The highest BCUT2D eigenvalue weighted by Gasteiger charge is 2.37. The third-order valence-corrected chi connectivity index (χ3v) is 5.79. The fourth-order valence-electron chi connectivity index (χ4n) is 2.74. The minimum Gasteiger partial charge on any atom is -0.326 e. The Morgan fingerprint density at radius 3 is 2.70 bits per heavy atom. The molecular weight excluding hydrogens is 279 g/mol. The molecule has 1 atom stereocenters. The predicted molar refractivity (Wildman–Crippen MR) is 76.0 cm³/mol. The zero-order valence-corrected chi connectivity index (χ0v) is 12.7. The van der Waals surface area contributed by atoms with E-state index in [0.717, 1.165) is 12.8 Å². The van der Waals surface area contributed by atoms with Crippen molar-refractivity contribution in [3.8, 4) is 0 Å². The zero-order chi connectivity index (χ0) is 14.9. The lowest BCUT2D eigenvalue weighted by molar-refractivity contribution is 0.314. The van der Waals surface area contributed by atoms with Crippen LogP contribution in [0, 0.1) is 11.7 Å². The first kappa shape index (κ1) is 15.4. The molecule has 1 fully saturated rings. The van der Waals surface area contributed by atoms with Crippen LogP contribution in [0.5, 0.6) is 0 Å². The van der Waals surface area contributed by atoms with Gasteiger partial charge >= 0.3 is 0 Å². The highest BCUT2D eigenvalue weighted by molar-refractivity contribution is 7.89. The zero-order valence-electron chi connectivity index (χ0n) is 11.8. The smallest absolute Gasteiger partial charge is 0.246 e. The molecule has 112 valence electrons. The maximum atomic E-state index is 14.1. The molecule has 0 aromatic heterocycles. The summed E-state index contributed by atoms with van der Waals surface area (Å²) in [5.41, 5.74) is 6.02. The molecule has 1 saturated heterocycles. The first-order valence-electron chi connectivity index (χ1n) is 6.88. The summed E-state index contributed by atoms with van der Waals surface area (Å²) in [6, 6.07) is 4.04. The van der Waals surface area contributed by atoms with Crippen LogP contribution in [0.4, 0.5) is 4.39 Å². The summed E-state index contributed by atoms with van der Waals surface area (Å²) in [4.78, 5) is -0.248. The largest absolute Gasteiger partial charge is 0.326 e. The van der Waals surface area contributed by atoms with Gasteiger partial charge in [0.15, 0.2) is 0 Å². The van der Waals surface area contributed by atoms with Gasteiger partial charge in [-0.1, -0.05) is 19.9 Å². The number of hydrogen-bond acceptors (Lipinski definition) is 3. The Morgan fingerprint density at radius 2 is 2.15 bits per heavy atom. The molecule has 6 heteroatoms. The van der Waals surface area contributed by atoms with E-state index in [4.69, 9.17) is 5.73 Å². The lowest BCUT2D eigenvalue weighted by Crippen LogP contribution is -2.38. The molecule has 0 aliphatic carbocycles. The van der Waals surface area contributed by atoms with Gasteiger partial charge in [-0.25, -0.2) is 12.8 Å². The fourth-order valence-corrected chi connectivity index (χ4v) is 4.61. The summed E-state index contributed by atoms with van der Waals surface area (Å²) in [6.07, 6.45) is 1.66. The molecule has 0 amide bonds. The average Bonchev–Trinajstić information content (AvgIpc) is 2.88. The standard InChI is InChI=1S/C14H21FN2O2S/c1-10(2)13-4-3-7-17(13)20(18,19)14-6-5-11(9-16)8-12(14)15/h5-6,8,10,13H,3-4,7,9,16H2,1-2H3. The summed E-state index contributed by atoms with van der Waals surface area (Å²) in [7, 11) is -3.77. The Balaban J connectivity index is 2.40. The summed E-state index contributed by atoms with van der Waals surface area (Å²) in [5.74, 6) is -0.499. The van der Waals surface area contributed by atoms with Crippen molar-refractivity contribution in [1.29, 1.82) is 0 Å². The van der Waals surface area contributed by atoms with Crippen LogP contribution in [0.15, 0.2) is 23.1 Å². The molecule has 0 radical (unpaired) electrons. The van der Waals surface area contributed by atoms with E-state index in [1.807, 2.05) is 13.8 Å². The van der Waals surface area contributed by atoms with Gasteiger partial charge in [0.1, 0.15) is 10.7 Å². The molecule has 1 aliphatic rings. The van der Waals surface area contributed by atoms with Crippen LogP contribution in [0.2, 0.25) is 0 Å². The molecule has 4 nitrogen and oxygen atoms in total. The van der Waals surface area contributed by atoms with E-state index in [2.05, 4.69) is 0 Å². The van der Waals surface area contributed by atoms with E-state index < -0.39 is 15.8 Å². The number of benzene rings is 1. The van der Waals surface area contributed by atoms with Gasteiger partial charge in [-0.3, -0.25) is 0 Å². The van der Waals surface area contributed by atoms with Crippen LogP contribution in [0.3, 0.4) is 0 Å². The summed E-state index contributed by atoms with van der Waals surface area (Å²) in [5, 5.41) is 0. The molecular formula is C14H21FN2O2S. The van der Waals surface area contributed by atoms with Crippen LogP contribution in [0.25, 0.3) is 0 Å². The van der Waals surface area contributed by atoms with Crippen LogP contribution < -0.4 is 5.73 Å². The molecule has 2 rings (SSSR count). The van der Waals surface area contributed by atoms with E-state index in [1.165, 1.54) is 16.4 Å². The molecule has 2 N–H and O–H groups in total. The number of nitrogens with zero attached hydrogens (tertiary/aromatic N) is 1. The van der Waals surface area contributed by atoms with E-state index in [1.54, 1.807) is 6.07 Å². The number of rotatable bonds is 4. The Kier molecular flexibility index (Phi) is 4.46. The van der Waals surface area contributed by atoms with Crippen molar-refractivity contribution in [2.24, 2.45) is 11.7 Å². The molecule has 0 saturated carbocycles. The van der Waals surface area contributed by atoms with E-state index in [9.17, 15) is 12.8 Å². The number of halogens is 1. The molecule has 1 aromatic rings. The average molecular weight is 300 g/mol. The SMILES string of the molecule is CC(C)C1CCCN1S(=O)(=O)c1ccc(CN)cc1F. The number of hydrogen-bond donors (Lipinski definition) is 1. The summed E-state index contributed by atoms with van der Waals surface area (Å²) >= 11 is 0. The van der Waals surface area contributed by atoms with Gasteiger partial charge in [-0.2, -0.15) is 4.31 Å². The number of nitrogens with two attached hydrogens (primary N) is 1. The highest BCUT2D eigenvalue weighted by atomic mass is 32.2. The van der Waals surface area contributed by atoms with Gasteiger partial charge in [0.05, 0.1) is 0 Å². The van der Waals surface area contributed by atoms with Crippen molar-refractivity contribution in [2.45, 2.75) is 44.2 Å². The van der Waals surface area contributed by atoms with Crippen molar-refractivity contribution >= 4 is 10.0 Å². The Morgan fingerprint density at radius 1 is 1.45 bits per heavy atom. The molecule has 0 bridgehead atoms. The summed E-state index contributed by atoms with van der Waals surface area (Å²) < 4.78 is 40.7. The van der Waals surface area contributed by atoms with Crippen molar-refractivity contribution in [3.63, 3.8) is 0 Å². The van der Waals surface area contributed by atoms with E-state index in [-0.39, 0.29) is 23.4 Å². The van der Waals surface area contributed by atoms with Gasteiger partial charge in [0.2, 0.25) is 10.0 Å². The minimum atomic E-state index is -3.77. The molecule has 1 aromatic carbocycles. The third-order valence-electron chi connectivity index (χ3n) is 3.84. The second-order valence-electron chi connectivity index (χ2n) is 5.54. The third kappa shape index (κ3) is 2.73. The molecule has 20 heavy (non-hydrogen) atoms. The van der Waals surface area contributed by atoms with Crippen molar-refractivity contribution in [1.82, 2.24) is 4.31 Å². The number of sulfonamides is 1. The predicted octanol–water partition coefficient (Wildman–Crippen LogP) is 2.09. The molecule has 1 heterocycles. The molecule has 0 spiro atoms. The van der Waals surface area contributed by atoms with E-state index in [0.29, 0.717) is 12.1 Å². The highest BCUT2D eigenvalue weighted by Crippen LogP contribution is 2.31. The van der Waals surface area contributed by atoms with Gasteiger partial charge in [0, 0.05) is 19.1 Å². The van der Waals surface area contributed by atoms with Gasteiger partial charge in [-0.15, -0.1) is 0 Å². The fraction of sp³-hybridized carbons (Fsp3) is 0.571. The van der Waals surface area contributed by atoms with Gasteiger partial charge < -0.3 is 5.73 Å². The molecule has 1 unspecified atom stereocenters. The van der Waals surface area contributed by atoms with Crippen LogP contribution in [-0.2, 0) is 16.6 Å². The van der Waals surface area contributed by atoms with Crippen LogP contribution in [-0.4, -0.2) is 25.3 Å². The maximum absolute atomic E-state index is 14.1. The lowest BCUT2D eigenvalue weighted by Gasteiger charge is -2.27. The quantitative estimate of drug-likeness (QED) is 0.926. The minimum absolute atomic E-state index is 0.0476. The second kappa shape index (κ2) is 5.79. The Hall–Kier alpha value is -0.980. The van der Waals surface area contributed by atoms with Crippen molar-refractivity contribution < 1.29 is 12.8 Å². The Bertz CT molecular complexity index is 587. The molecule has 1 aliphatic heterocycles.